The van der Waals surface area contributed by atoms with Gasteiger partial charge < -0.3 is 35.8 Å². The fourth-order valence-corrected chi connectivity index (χ4v) is 2.72. The Morgan fingerprint density at radius 3 is 2.24 bits per heavy atom. The van der Waals surface area contributed by atoms with Gasteiger partial charge in [-0.3, -0.25) is 0 Å². The standard InChI is InChI=1S/C14H18N2O4.C5H14BNO2/c17-13(18)12(10-11-4-2-1-3-5-11)15-14(19)16-6-8-20-9-7-16;1-4(2)3-5(7)6(8)9/h1-5,12H,6-10H2,(H,15,19)(H,17,18);4-5,8-9H,3,7H2,1-2H3/t12-;5-/m00/s1. The average Bonchev–Trinajstić information content (AvgIpc) is 2.68. The van der Waals surface area contributed by atoms with Crippen molar-refractivity contribution in [2.45, 2.75) is 38.7 Å². The molecule has 1 aromatic rings. The molecule has 1 saturated heterocycles. The number of benzene rings is 1. The molecule has 1 fully saturated rings. The summed E-state index contributed by atoms with van der Waals surface area (Å²) in [7, 11) is -1.37. The highest BCUT2D eigenvalue weighted by atomic mass is 16.5. The lowest BCUT2D eigenvalue weighted by Crippen LogP contribution is -2.51. The minimum atomic E-state index is -1.37. The maximum atomic E-state index is 12.0. The summed E-state index contributed by atoms with van der Waals surface area (Å²) in [5.41, 5.74) is 6.19. The Morgan fingerprint density at radius 1 is 1.21 bits per heavy atom. The first kappa shape index (κ1) is 24.9. The number of carboxylic acids is 1. The zero-order valence-electron chi connectivity index (χ0n) is 17.0. The van der Waals surface area contributed by atoms with Crippen molar-refractivity contribution in [3.63, 3.8) is 0 Å². The summed E-state index contributed by atoms with van der Waals surface area (Å²) in [6.45, 7) is 5.94. The smallest absolute Gasteiger partial charge is 0.469 e. The molecule has 29 heavy (non-hydrogen) atoms. The van der Waals surface area contributed by atoms with E-state index in [0.717, 1.165) is 5.56 Å². The molecule has 2 amide bonds. The van der Waals surface area contributed by atoms with Crippen molar-refractivity contribution < 1.29 is 29.5 Å². The zero-order valence-corrected chi connectivity index (χ0v) is 17.0. The molecule has 1 heterocycles. The number of carbonyl (C=O) groups is 2. The van der Waals surface area contributed by atoms with E-state index >= 15 is 0 Å². The lowest BCUT2D eigenvalue weighted by Gasteiger charge is -2.28. The predicted octanol–water partition coefficient (Wildman–Crippen LogP) is 0.0959. The summed E-state index contributed by atoms with van der Waals surface area (Å²) in [6.07, 6.45) is 0.921. The molecule has 162 valence electrons. The average molecular weight is 409 g/mol. The Bertz CT molecular complexity index is 611. The van der Waals surface area contributed by atoms with E-state index in [0.29, 0.717) is 38.6 Å². The molecule has 0 aromatic heterocycles. The van der Waals surface area contributed by atoms with Crippen molar-refractivity contribution >= 4 is 19.1 Å². The van der Waals surface area contributed by atoms with Crippen LogP contribution in [0.5, 0.6) is 0 Å². The van der Waals surface area contributed by atoms with E-state index in [1.54, 1.807) is 4.90 Å². The molecule has 6 N–H and O–H groups in total. The van der Waals surface area contributed by atoms with E-state index in [2.05, 4.69) is 5.32 Å². The molecule has 0 aliphatic carbocycles. The number of nitrogens with two attached hydrogens (primary N) is 1. The van der Waals surface area contributed by atoms with Crippen LogP contribution in [0.15, 0.2) is 30.3 Å². The summed E-state index contributed by atoms with van der Waals surface area (Å²) in [5, 5.41) is 28.8. The monoisotopic (exact) mass is 409 g/mol. The molecule has 2 rings (SSSR count). The topological polar surface area (TPSA) is 145 Å². The van der Waals surface area contributed by atoms with Gasteiger partial charge in [-0.1, -0.05) is 44.2 Å². The van der Waals surface area contributed by atoms with E-state index in [-0.39, 0.29) is 12.5 Å². The molecule has 0 unspecified atom stereocenters. The lowest BCUT2D eigenvalue weighted by atomic mass is 9.76. The van der Waals surface area contributed by atoms with E-state index < -0.39 is 25.1 Å². The number of carbonyl (C=O) groups excluding carboxylic acids is 1. The fourth-order valence-electron chi connectivity index (χ4n) is 2.72. The van der Waals surface area contributed by atoms with Gasteiger partial charge in [0.15, 0.2) is 0 Å². The molecule has 0 bridgehead atoms. The van der Waals surface area contributed by atoms with Crippen molar-refractivity contribution in [3.8, 4) is 0 Å². The van der Waals surface area contributed by atoms with Crippen LogP contribution >= 0.6 is 0 Å². The third-order valence-corrected chi connectivity index (χ3v) is 4.30. The number of aliphatic carboxylic acids is 1. The summed E-state index contributed by atoms with van der Waals surface area (Å²) >= 11 is 0. The molecule has 2 atom stereocenters. The highest BCUT2D eigenvalue weighted by Gasteiger charge is 2.24. The first-order valence-electron chi connectivity index (χ1n) is 9.72. The van der Waals surface area contributed by atoms with Gasteiger partial charge in [0.05, 0.1) is 13.2 Å². The van der Waals surface area contributed by atoms with E-state index in [9.17, 15) is 14.7 Å². The number of nitrogens with zero attached hydrogens (tertiary/aromatic N) is 1. The number of hydrogen-bond donors (Lipinski definition) is 5. The predicted molar refractivity (Wildman–Crippen MR) is 110 cm³/mol. The minimum Gasteiger partial charge on any atom is -0.480 e. The van der Waals surface area contributed by atoms with Crippen LogP contribution < -0.4 is 11.1 Å². The Balaban J connectivity index is 0.000000396. The molecular formula is C19H32BN3O6. The number of hydrogen-bond acceptors (Lipinski definition) is 6. The van der Waals surface area contributed by atoms with E-state index in [1.165, 1.54) is 0 Å². The quantitative estimate of drug-likeness (QED) is 0.402. The van der Waals surface area contributed by atoms with Crippen molar-refractivity contribution in [3.05, 3.63) is 35.9 Å². The van der Waals surface area contributed by atoms with Crippen molar-refractivity contribution in [2.75, 3.05) is 26.3 Å². The summed E-state index contributed by atoms with van der Waals surface area (Å²) in [6, 6.07) is 7.97. The van der Waals surface area contributed by atoms with Crippen LogP contribution in [0.3, 0.4) is 0 Å². The van der Waals surface area contributed by atoms with Gasteiger partial charge in [-0.05, 0) is 17.9 Å². The van der Waals surface area contributed by atoms with Gasteiger partial charge in [-0.2, -0.15) is 0 Å². The van der Waals surface area contributed by atoms with Crippen molar-refractivity contribution in [1.29, 1.82) is 0 Å². The van der Waals surface area contributed by atoms with Gasteiger partial charge in [0.2, 0.25) is 0 Å². The summed E-state index contributed by atoms with van der Waals surface area (Å²) < 4.78 is 5.16. The van der Waals surface area contributed by atoms with Crippen LogP contribution in [-0.2, 0) is 16.0 Å². The lowest BCUT2D eigenvalue weighted by molar-refractivity contribution is -0.139. The molecular weight excluding hydrogens is 377 g/mol. The number of urea groups is 1. The van der Waals surface area contributed by atoms with Gasteiger partial charge >= 0.3 is 19.1 Å². The molecule has 1 aliphatic rings. The van der Waals surface area contributed by atoms with Gasteiger partial charge in [0.25, 0.3) is 0 Å². The summed E-state index contributed by atoms with van der Waals surface area (Å²) in [5.74, 6) is -1.11. The zero-order chi connectivity index (χ0) is 21.8. The first-order chi connectivity index (χ1) is 13.7. The first-order valence-corrected chi connectivity index (χ1v) is 9.72. The molecule has 1 aliphatic heterocycles. The van der Waals surface area contributed by atoms with Crippen molar-refractivity contribution in [1.82, 2.24) is 10.2 Å². The molecule has 0 radical (unpaired) electrons. The van der Waals surface area contributed by atoms with Gasteiger partial charge in [-0.25, -0.2) is 9.59 Å². The van der Waals surface area contributed by atoms with Crippen LogP contribution in [-0.4, -0.2) is 77.5 Å². The SMILES string of the molecule is CC(C)C[C@H](N)B(O)O.O=C(O)[C@H](Cc1ccccc1)NC(=O)N1CCOCC1. The van der Waals surface area contributed by atoms with Gasteiger partial charge in [0.1, 0.15) is 6.04 Å². The van der Waals surface area contributed by atoms with Crippen LogP contribution in [0.1, 0.15) is 25.8 Å². The minimum absolute atomic E-state index is 0.270. The van der Waals surface area contributed by atoms with E-state index in [4.69, 9.17) is 20.5 Å². The number of carboxylic acid groups (broad SMARTS) is 1. The maximum Gasteiger partial charge on any atom is 0.469 e. The Hall–Kier alpha value is -2.14. The normalized spacial score (nSPS) is 15.7. The number of nitrogens with one attached hydrogen (secondary N) is 1. The van der Waals surface area contributed by atoms with Gasteiger partial charge in [-0.15, -0.1) is 0 Å². The number of rotatable bonds is 7. The number of ether oxygens (including phenoxy) is 1. The largest absolute Gasteiger partial charge is 0.480 e. The van der Waals surface area contributed by atoms with Crippen LogP contribution in [0.4, 0.5) is 4.79 Å². The molecule has 10 heteroatoms. The van der Waals surface area contributed by atoms with Gasteiger partial charge in [0, 0.05) is 25.5 Å². The number of amides is 2. The fraction of sp³-hybridized carbons (Fsp3) is 0.579. The van der Waals surface area contributed by atoms with Crippen molar-refractivity contribution in [2.24, 2.45) is 11.7 Å². The second-order valence-electron chi connectivity index (χ2n) is 7.34. The molecule has 1 aromatic carbocycles. The highest BCUT2D eigenvalue weighted by Crippen LogP contribution is 2.05. The van der Waals surface area contributed by atoms with Crippen LogP contribution in [0.2, 0.25) is 0 Å². The van der Waals surface area contributed by atoms with Crippen LogP contribution in [0, 0.1) is 5.92 Å². The number of morpholine rings is 1. The Labute approximate surface area is 172 Å². The Morgan fingerprint density at radius 2 is 1.79 bits per heavy atom. The molecule has 0 saturated carbocycles. The highest BCUT2D eigenvalue weighted by molar-refractivity contribution is 6.43. The second kappa shape index (κ2) is 13.2. The molecule has 0 spiro atoms. The summed E-state index contributed by atoms with van der Waals surface area (Å²) in [4.78, 5) is 24.8. The maximum absolute atomic E-state index is 12.0. The third kappa shape index (κ3) is 10.3. The van der Waals surface area contributed by atoms with E-state index in [1.807, 2.05) is 44.2 Å². The van der Waals surface area contributed by atoms with Crippen LogP contribution in [0.25, 0.3) is 0 Å². The second-order valence-corrected chi connectivity index (χ2v) is 7.34. The third-order valence-electron chi connectivity index (χ3n) is 4.30. The Kier molecular flexibility index (Phi) is 11.3. The molecule has 9 nitrogen and oxygen atoms in total.